The number of likely N-dealkylation sites (tertiary alicyclic amines) is 1. The Labute approximate surface area is 236 Å². The molecule has 3 aromatic rings. The van der Waals surface area contributed by atoms with Crippen LogP contribution in [0, 0.1) is 25.2 Å². The Morgan fingerprint density at radius 2 is 1.80 bits per heavy atom. The van der Waals surface area contributed by atoms with Crippen molar-refractivity contribution in [2.45, 2.75) is 85.1 Å². The lowest BCUT2D eigenvalue weighted by Gasteiger charge is -2.39. The summed E-state index contributed by atoms with van der Waals surface area (Å²) in [5.74, 6) is 1.32. The van der Waals surface area contributed by atoms with Gasteiger partial charge in [0.05, 0.1) is 12.7 Å². The molecule has 1 aliphatic carbocycles. The van der Waals surface area contributed by atoms with Crippen LogP contribution in [0.5, 0.6) is 5.75 Å². The second-order valence-electron chi connectivity index (χ2n) is 12.2. The zero-order chi connectivity index (χ0) is 28.6. The molecule has 7 nitrogen and oxygen atoms in total. The zero-order valence-electron chi connectivity index (χ0n) is 24.6. The molecule has 1 saturated heterocycles. The number of fused-ring (bicyclic) bond motifs is 1. The number of carbonyl (C=O) groups excluding carboxylic acids is 2. The molecule has 1 saturated carbocycles. The van der Waals surface area contributed by atoms with Crippen molar-refractivity contribution < 1.29 is 14.3 Å². The number of aromatic nitrogens is 2. The molecule has 1 aliphatic heterocycles. The van der Waals surface area contributed by atoms with Crippen molar-refractivity contribution in [2.24, 2.45) is 11.3 Å². The van der Waals surface area contributed by atoms with E-state index in [-0.39, 0.29) is 29.2 Å². The van der Waals surface area contributed by atoms with Crippen LogP contribution in [0.15, 0.2) is 35.1 Å². The number of piperidine rings is 1. The van der Waals surface area contributed by atoms with Gasteiger partial charge in [0.2, 0.25) is 5.91 Å². The van der Waals surface area contributed by atoms with E-state index in [0.717, 1.165) is 79.5 Å². The van der Waals surface area contributed by atoms with Crippen molar-refractivity contribution >= 4 is 22.6 Å². The van der Waals surface area contributed by atoms with Crippen molar-refractivity contribution in [1.82, 2.24) is 14.5 Å². The van der Waals surface area contributed by atoms with Crippen LogP contribution in [-0.4, -0.2) is 46.3 Å². The Morgan fingerprint density at radius 3 is 2.48 bits per heavy atom. The quantitative estimate of drug-likeness (QED) is 0.344. The molecule has 214 valence electrons. The number of Topliss-reactive ketones (excluding diaryl/α,β-unsaturated/α-hetero) is 1. The van der Waals surface area contributed by atoms with Crippen LogP contribution >= 0.6 is 0 Å². The van der Waals surface area contributed by atoms with Gasteiger partial charge in [-0.15, -0.1) is 0 Å². The SMILES string of the molecule is COc1cc(C)[nH]c(=O)c1CCC(=O)c1c(C)n([C@H](C)C2CCN(C(=O)C3(C)CCCC3)CC2)c2ccccc12. The number of ketones is 1. The summed E-state index contributed by atoms with van der Waals surface area (Å²) in [4.78, 5) is 44.5. The Morgan fingerprint density at radius 1 is 1.12 bits per heavy atom. The van der Waals surface area contributed by atoms with Crippen LogP contribution in [0.25, 0.3) is 10.9 Å². The summed E-state index contributed by atoms with van der Waals surface area (Å²) in [6.07, 6.45) is 6.82. The van der Waals surface area contributed by atoms with Crippen molar-refractivity contribution in [1.29, 1.82) is 0 Å². The van der Waals surface area contributed by atoms with E-state index in [2.05, 4.69) is 34.4 Å². The molecule has 1 atom stereocenters. The third-order valence-corrected chi connectivity index (χ3v) is 9.63. The topological polar surface area (TPSA) is 84.4 Å². The molecular weight excluding hydrogens is 502 g/mol. The number of H-pyrrole nitrogens is 1. The number of amides is 1. The van der Waals surface area contributed by atoms with Gasteiger partial charge in [-0.25, -0.2) is 0 Å². The van der Waals surface area contributed by atoms with Crippen LogP contribution in [0.2, 0.25) is 0 Å². The molecule has 3 heterocycles. The van der Waals surface area contributed by atoms with Gasteiger partial charge in [0.25, 0.3) is 5.56 Å². The zero-order valence-corrected chi connectivity index (χ0v) is 24.6. The Hall–Kier alpha value is -3.35. The molecule has 2 aromatic heterocycles. The summed E-state index contributed by atoms with van der Waals surface area (Å²) in [5, 5.41) is 0.961. The molecule has 1 aromatic carbocycles. The van der Waals surface area contributed by atoms with E-state index in [0.29, 0.717) is 29.6 Å². The minimum Gasteiger partial charge on any atom is -0.496 e. The maximum atomic E-state index is 13.7. The molecule has 5 rings (SSSR count). The second kappa shape index (κ2) is 11.3. The van der Waals surface area contributed by atoms with Crippen molar-refractivity contribution in [3.8, 4) is 5.75 Å². The number of para-hydroxylation sites is 1. The van der Waals surface area contributed by atoms with E-state index >= 15 is 0 Å². The van der Waals surface area contributed by atoms with Gasteiger partial charge in [-0.05, 0) is 70.9 Å². The van der Waals surface area contributed by atoms with Gasteiger partial charge in [0.1, 0.15) is 5.75 Å². The number of hydrogen-bond donors (Lipinski definition) is 1. The van der Waals surface area contributed by atoms with Gasteiger partial charge in [-0.2, -0.15) is 0 Å². The van der Waals surface area contributed by atoms with Gasteiger partial charge in [0.15, 0.2) is 5.78 Å². The monoisotopic (exact) mass is 545 g/mol. The predicted molar refractivity (Wildman–Crippen MR) is 158 cm³/mol. The molecule has 2 aliphatic rings. The largest absolute Gasteiger partial charge is 0.496 e. The fourth-order valence-electron chi connectivity index (χ4n) is 7.28. The second-order valence-corrected chi connectivity index (χ2v) is 12.2. The highest BCUT2D eigenvalue weighted by Gasteiger charge is 2.40. The number of nitrogens with zero attached hydrogens (tertiary/aromatic N) is 2. The lowest BCUT2D eigenvalue weighted by molar-refractivity contribution is -0.142. The summed E-state index contributed by atoms with van der Waals surface area (Å²) in [6, 6.07) is 10.1. The third kappa shape index (κ3) is 5.11. The number of aromatic amines is 1. The molecule has 2 fully saturated rings. The van der Waals surface area contributed by atoms with Gasteiger partial charge in [-0.1, -0.05) is 38.0 Å². The number of benzene rings is 1. The minimum atomic E-state index is -0.204. The van der Waals surface area contributed by atoms with Crippen LogP contribution < -0.4 is 10.3 Å². The van der Waals surface area contributed by atoms with E-state index in [9.17, 15) is 14.4 Å². The number of hydrogen-bond acceptors (Lipinski definition) is 4. The Bertz CT molecular complexity index is 1470. The number of pyridine rings is 1. The first-order chi connectivity index (χ1) is 19.1. The maximum Gasteiger partial charge on any atom is 0.255 e. The predicted octanol–water partition coefficient (Wildman–Crippen LogP) is 6.15. The number of carbonyl (C=O) groups is 2. The molecule has 0 bridgehead atoms. The fraction of sp³-hybridized carbons (Fsp3) is 0.545. The van der Waals surface area contributed by atoms with Crippen LogP contribution in [0.4, 0.5) is 0 Å². The number of methoxy groups -OCH3 is 1. The highest BCUT2D eigenvalue weighted by Crippen LogP contribution is 2.41. The minimum absolute atomic E-state index is 0.0342. The average Bonchev–Trinajstić information content (AvgIpc) is 3.52. The number of aryl methyl sites for hydroxylation is 1. The Kier molecular flexibility index (Phi) is 7.94. The van der Waals surface area contributed by atoms with Gasteiger partial charge in [-0.3, -0.25) is 14.4 Å². The number of rotatable bonds is 8. The standard InChI is InChI=1S/C33H43N3O4/c1-21-20-29(40-5)26(31(38)34-21)12-13-28(37)30-23(3)36(27-11-7-6-10-25(27)30)22(2)24-14-18-35(19-15-24)32(39)33(4)16-8-9-17-33/h6-7,10-11,20,22,24H,8-9,12-19H2,1-5H3,(H,34,38)/t22-/m1/s1. The number of ether oxygens (including phenoxy) is 1. The van der Waals surface area contributed by atoms with Gasteiger partial charge >= 0.3 is 0 Å². The summed E-state index contributed by atoms with van der Waals surface area (Å²) in [6.45, 7) is 9.87. The van der Waals surface area contributed by atoms with Gasteiger partial charge in [0, 0.05) is 58.8 Å². The molecular formula is C33H43N3O4. The fourth-order valence-corrected chi connectivity index (χ4v) is 7.28. The van der Waals surface area contributed by atoms with Crippen LogP contribution in [0.3, 0.4) is 0 Å². The van der Waals surface area contributed by atoms with E-state index in [1.54, 1.807) is 13.2 Å². The first kappa shape index (κ1) is 28.2. The summed E-state index contributed by atoms with van der Waals surface area (Å²) in [7, 11) is 1.55. The molecule has 40 heavy (non-hydrogen) atoms. The maximum absolute atomic E-state index is 13.7. The van der Waals surface area contributed by atoms with Crippen LogP contribution in [0.1, 0.15) is 92.1 Å². The molecule has 7 heteroatoms. The molecule has 0 spiro atoms. The number of nitrogens with one attached hydrogen (secondary N) is 1. The first-order valence-corrected chi connectivity index (χ1v) is 14.8. The first-order valence-electron chi connectivity index (χ1n) is 14.8. The Balaban J connectivity index is 1.35. The molecule has 0 radical (unpaired) electrons. The lowest BCUT2D eigenvalue weighted by atomic mass is 9.84. The van der Waals surface area contributed by atoms with E-state index in [4.69, 9.17) is 4.74 Å². The normalized spacial score (nSPS) is 18.3. The molecule has 0 unspecified atom stereocenters. The highest BCUT2D eigenvalue weighted by atomic mass is 16.5. The van der Waals surface area contributed by atoms with Crippen molar-refractivity contribution in [3.05, 3.63) is 63.2 Å². The lowest BCUT2D eigenvalue weighted by Crippen LogP contribution is -2.46. The van der Waals surface area contributed by atoms with Crippen LogP contribution in [-0.2, 0) is 11.2 Å². The van der Waals surface area contributed by atoms with E-state index in [1.165, 1.54) is 0 Å². The summed E-state index contributed by atoms with van der Waals surface area (Å²) in [5.41, 5.74) is 3.64. The van der Waals surface area contributed by atoms with Crippen molar-refractivity contribution in [3.63, 3.8) is 0 Å². The molecule has 1 amide bonds. The summed E-state index contributed by atoms with van der Waals surface area (Å²) < 4.78 is 7.77. The van der Waals surface area contributed by atoms with E-state index < -0.39 is 0 Å². The molecule has 1 N–H and O–H groups in total. The highest BCUT2D eigenvalue weighted by molar-refractivity contribution is 6.09. The van der Waals surface area contributed by atoms with E-state index in [1.807, 2.05) is 32.0 Å². The third-order valence-electron chi connectivity index (χ3n) is 9.63. The average molecular weight is 546 g/mol. The van der Waals surface area contributed by atoms with Gasteiger partial charge < -0.3 is 19.2 Å². The summed E-state index contributed by atoms with van der Waals surface area (Å²) >= 11 is 0. The van der Waals surface area contributed by atoms with Crippen molar-refractivity contribution in [2.75, 3.05) is 20.2 Å². The smallest absolute Gasteiger partial charge is 0.255 e.